The minimum absolute atomic E-state index is 0.310. The highest BCUT2D eigenvalue weighted by Gasteiger charge is 2.34. The van der Waals surface area contributed by atoms with Gasteiger partial charge in [-0.3, -0.25) is 10.1 Å². The van der Waals surface area contributed by atoms with Crippen LogP contribution in [-0.4, -0.2) is 24.7 Å². The van der Waals surface area contributed by atoms with Gasteiger partial charge in [0.25, 0.3) is 0 Å². The molecule has 0 heterocycles. The number of rotatable bonds is 3. The van der Waals surface area contributed by atoms with Gasteiger partial charge in [0.2, 0.25) is 0 Å². The number of carbonyl (C=O) groups is 1. The Labute approximate surface area is 90.6 Å². The number of nitrogens with zero attached hydrogens (tertiary/aromatic N) is 1. The van der Waals surface area contributed by atoms with Gasteiger partial charge in [0.1, 0.15) is 11.6 Å². The fraction of sp³-hybridized carbons (Fsp3) is 0.818. The van der Waals surface area contributed by atoms with Crippen LogP contribution in [0.25, 0.3) is 0 Å². The monoisotopic (exact) mass is 210 g/mol. The zero-order valence-corrected chi connectivity index (χ0v) is 9.38. The molecule has 1 N–H and O–H groups in total. The van der Waals surface area contributed by atoms with Gasteiger partial charge in [0, 0.05) is 0 Å². The van der Waals surface area contributed by atoms with Gasteiger partial charge in [-0.15, -0.1) is 0 Å². The predicted octanol–water partition coefficient (Wildman–Crippen LogP) is 1.36. The Kier molecular flexibility index (Phi) is 4.10. The molecule has 0 aromatic rings. The molecule has 84 valence electrons. The summed E-state index contributed by atoms with van der Waals surface area (Å²) in [6.45, 7) is 1.74. The van der Waals surface area contributed by atoms with Crippen LogP contribution < -0.4 is 5.32 Å². The fourth-order valence-corrected chi connectivity index (χ4v) is 2.09. The third-order valence-corrected chi connectivity index (χ3v) is 2.97. The maximum absolute atomic E-state index is 11.2. The Balaban J connectivity index is 2.60. The minimum atomic E-state index is -0.522. The van der Waals surface area contributed by atoms with E-state index in [2.05, 4.69) is 16.1 Å². The Hall–Kier alpha value is -1.08. The summed E-state index contributed by atoms with van der Waals surface area (Å²) in [5.41, 5.74) is -0.522. The van der Waals surface area contributed by atoms with E-state index < -0.39 is 11.6 Å². The summed E-state index contributed by atoms with van der Waals surface area (Å²) < 4.78 is 4.63. The summed E-state index contributed by atoms with van der Waals surface area (Å²) in [7, 11) is 1.36. The molecule has 0 unspecified atom stereocenters. The van der Waals surface area contributed by atoms with Crippen molar-refractivity contribution in [3.05, 3.63) is 0 Å². The Bertz CT molecular complexity index is 264. The molecule has 4 heteroatoms. The average molecular weight is 210 g/mol. The topological polar surface area (TPSA) is 62.1 Å². The largest absolute Gasteiger partial charge is 0.468 e. The van der Waals surface area contributed by atoms with Gasteiger partial charge in [0.05, 0.1) is 13.2 Å². The lowest BCUT2D eigenvalue weighted by atomic mass is 9.82. The minimum Gasteiger partial charge on any atom is -0.468 e. The second kappa shape index (κ2) is 5.13. The van der Waals surface area contributed by atoms with Gasteiger partial charge < -0.3 is 4.74 Å². The number of ether oxygens (including phenoxy) is 1. The second-order valence-corrected chi connectivity index (χ2v) is 4.14. The van der Waals surface area contributed by atoms with E-state index in [4.69, 9.17) is 0 Å². The standard InChI is InChI=1S/C11H18N2O2/c1-9(10(14)15-2)13-11(8-12)6-4-3-5-7-11/h9,13H,3-7H2,1-2H3/t9-/m0/s1. The van der Waals surface area contributed by atoms with Crippen molar-refractivity contribution in [2.75, 3.05) is 7.11 Å². The quantitative estimate of drug-likeness (QED) is 0.714. The first kappa shape index (κ1) is 12.0. The molecule has 0 amide bonds. The molecule has 1 saturated carbocycles. The summed E-state index contributed by atoms with van der Waals surface area (Å²) in [6.07, 6.45) is 4.93. The first-order valence-corrected chi connectivity index (χ1v) is 5.40. The molecule has 0 bridgehead atoms. The summed E-state index contributed by atoms with van der Waals surface area (Å²) >= 11 is 0. The van der Waals surface area contributed by atoms with E-state index in [0.717, 1.165) is 25.7 Å². The van der Waals surface area contributed by atoms with Gasteiger partial charge >= 0.3 is 5.97 Å². The Morgan fingerprint density at radius 2 is 2.07 bits per heavy atom. The predicted molar refractivity (Wildman–Crippen MR) is 56.0 cm³/mol. The highest BCUT2D eigenvalue weighted by atomic mass is 16.5. The second-order valence-electron chi connectivity index (χ2n) is 4.14. The number of carbonyl (C=O) groups excluding carboxylic acids is 1. The average Bonchev–Trinajstić information content (AvgIpc) is 2.29. The SMILES string of the molecule is COC(=O)[C@H](C)NC1(C#N)CCCCC1. The molecule has 1 aliphatic carbocycles. The van der Waals surface area contributed by atoms with E-state index in [1.54, 1.807) is 6.92 Å². The van der Waals surface area contributed by atoms with Crippen molar-refractivity contribution in [3.8, 4) is 6.07 Å². The number of nitriles is 1. The fourth-order valence-electron chi connectivity index (χ4n) is 2.09. The van der Waals surface area contributed by atoms with Crippen LogP contribution in [0.5, 0.6) is 0 Å². The van der Waals surface area contributed by atoms with Crippen molar-refractivity contribution in [3.63, 3.8) is 0 Å². The lowest BCUT2D eigenvalue weighted by Gasteiger charge is -2.33. The van der Waals surface area contributed by atoms with Crippen molar-refractivity contribution in [1.82, 2.24) is 5.32 Å². The van der Waals surface area contributed by atoms with Crippen LogP contribution in [0.3, 0.4) is 0 Å². The van der Waals surface area contributed by atoms with Crippen molar-refractivity contribution in [2.45, 2.75) is 50.6 Å². The number of nitrogens with one attached hydrogen (secondary N) is 1. The maximum Gasteiger partial charge on any atom is 0.322 e. The van der Waals surface area contributed by atoms with Crippen LogP contribution in [-0.2, 0) is 9.53 Å². The molecule has 1 rings (SSSR count). The lowest BCUT2D eigenvalue weighted by molar-refractivity contribution is -0.143. The molecule has 0 aliphatic heterocycles. The number of methoxy groups -OCH3 is 1. The summed E-state index contributed by atoms with van der Waals surface area (Å²) in [5, 5.41) is 12.3. The van der Waals surface area contributed by atoms with Crippen LogP contribution in [0.2, 0.25) is 0 Å². The molecule has 0 radical (unpaired) electrons. The number of hydrogen-bond donors (Lipinski definition) is 1. The van der Waals surface area contributed by atoms with Gasteiger partial charge in [-0.05, 0) is 19.8 Å². The van der Waals surface area contributed by atoms with Crippen LogP contribution in [0.1, 0.15) is 39.0 Å². The zero-order valence-electron chi connectivity index (χ0n) is 9.38. The zero-order chi connectivity index (χ0) is 11.3. The molecule has 0 aromatic carbocycles. The third kappa shape index (κ3) is 2.93. The summed E-state index contributed by atoms with van der Waals surface area (Å²) in [5.74, 6) is -0.310. The van der Waals surface area contributed by atoms with E-state index in [9.17, 15) is 10.1 Å². The van der Waals surface area contributed by atoms with Gasteiger partial charge in [-0.2, -0.15) is 5.26 Å². The molecule has 1 atom stereocenters. The molecule has 15 heavy (non-hydrogen) atoms. The van der Waals surface area contributed by atoms with Crippen LogP contribution in [0.15, 0.2) is 0 Å². The highest BCUT2D eigenvalue weighted by Crippen LogP contribution is 2.27. The first-order chi connectivity index (χ1) is 7.13. The molecule has 0 spiro atoms. The van der Waals surface area contributed by atoms with E-state index in [-0.39, 0.29) is 5.97 Å². The molecule has 0 saturated heterocycles. The van der Waals surface area contributed by atoms with Crippen molar-refractivity contribution < 1.29 is 9.53 Å². The van der Waals surface area contributed by atoms with Crippen LogP contribution in [0, 0.1) is 11.3 Å². The number of hydrogen-bond acceptors (Lipinski definition) is 4. The Morgan fingerprint density at radius 1 is 1.47 bits per heavy atom. The highest BCUT2D eigenvalue weighted by molar-refractivity contribution is 5.75. The van der Waals surface area contributed by atoms with Gasteiger partial charge in [-0.1, -0.05) is 19.3 Å². The normalized spacial score (nSPS) is 21.4. The van der Waals surface area contributed by atoms with Crippen molar-refractivity contribution in [2.24, 2.45) is 0 Å². The molecule has 4 nitrogen and oxygen atoms in total. The van der Waals surface area contributed by atoms with E-state index in [1.165, 1.54) is 13.5 Å². The van der Waals surface area contributed by atoms with Gasteiger partial charge in [0.15, 0.2) is 0 Å². The summed E-state index contributed by atoms with van der Waals surface area (Å²) in [6, 6.07) is 1.90. The molecule has 1 fully saturated rings. The van der Waals surface area contributed by atoms with Crippen molar-refractivity contribution >= 4 is 5.97 Å². The summed E-state index contributed by atoms with van der Waals surface area (Å²) in [4.78, 5) is 11.2. The first-order valence-electron chi connectivity index (χ1n) is 5.40. The van der Waals surface area contributed by atoms with Gasteiger partial charge in [-0.25, -0.2) is 0 Å². The van der Waals surface area contributed by atoms with Crippen LogP contribution in [0.4, 0.5) is 0 Å². The molecular formula is C11H18N2O2. The smallest absolute Gasteiger partial charge is 0.322 e. The third-order valence-electron chi connectivity index (χ3n) is 2.97. The van der Waals surface area contributed by atoms with Crippen LogP contribution >= 0.6 is 0 Å². The molecule has 1 aliphatic rings. The lowest BCUT2D eigenvalue weighted by Crippen LogP contribution is -2.52. The maximum atomic E-state index is 11.2. The van der Waals surface area contributed by atoms with E-state index in [1.807, 2.05) is 0 Å². The molecular weight excluding hydrogens is 192 g/mol. The molecule has 0 aromatic heterocycles. The van der Waals surface area contributed by atoms with E-state index in [0.29, 0.717) is 0 Å². The number of esters is 1. The van der Waals surface area contributed by atoms with Crippen molar-refractivity contribution in [1.29, 1.82) is 5.26 Å². The van der Waals surface area contributed by atoms with E-state index >= 15 is 0 Å². The Morgan fingerprint density at radius 3 is 2.53 bits per heavy atom.